The van der Waals surface area contributed by atoms with Gasteiger partial charge in [-0.15, -0.1) is 0 Å². The van der Waals surface area contributed by atoms with E-state index in [1.54, 1.807) is 57.8 Å². The molecule has 0 aliphatic heterocycles. The molecule has 12 saturated carbocycles. The fraction of sp³-hybridized carbons (Fsp3) is 1.00. The third kappa shape index (κ3) is 5.48. The van der Waals surface area contributed by atoms with Gasteiger partial charge in [0.1, 0.15) is 0 Å². The Bertz CT molecular complexity index is 1240. The van der Waals surface area contributed by atoms with Crippen LogP contribution in [0.1, 0.15) is 154 Å². The summed E-state index contributed by atoms with van der Waals surface area (Å²) in [5.41, 5.74) is 0. The van der Waals surface area contributed by atoms with Crippen LogP contribution in [0.25, 0.3) is 0 Å². The second kappa shape index (κ2) is 13.3. The zero-order valence-corrected chi connectivity index (χ0v) is 35.9. The highest BCUT2D eigenvalue weighted by Gasteiger charge is 2.65. The Morgan fingerprint density at radius 1 is 0.216 bits per heavy atom. The monoisotopic (exact) mass is 699 g/mol. The van der Waals surface area contributed by atoms with E-state index in [1.807, 2.05) is 0 Å². The summed E-state index contributed by atoms with van der Waals surface area (Å²) >= 11 is 0. The highest BCUT2D eigenvalue weighted by Crippen LogP contribution is 2.71. The molecule has 0 spiro atoms. The molecule has 0 nitrogen and oxygen atoms in total. The first-order valence-corrected chi connectivity index (χ1v) is 24.3. The smallest absolute Gasteiger partial charge is 0.0318 e. The molecular formula is C51H86. The molecule has 51 heavy (non-hydrogen) atoms. The van der Waals surface area contributed by atoms with E-state index in [1.165, 1.54) is 24.7 Å². The normalized spacial score (nSPS) is 65.2. The molecule has 0 aromatic heterocycles. The SMILES string of the molecule is CC1CC2C3CC(C)C(C3)C2C1C.CC1CC2CC1C(C)C2C.CC1CC2CC1C1C3CC(C(C)C3C)C21.CC1CCC2C3CC(C(C)C3C)C12. The summed E-state index contributed by atoms with van der Waals surface area (Å²) in [6.45, 7) is 30.0. The van der Waals surface area contributed by atoms with Crippen molar-refractivity contribution < 1.29 is 0 Å². The van der Waals surface area contributed by atoms with Crippen LogP contribution in [-0.2, 0) is 0 Å². The zero-order chi connectivity index (χ0) is 35.9. The fourth-order valence-corrected chi connectivity index (χ4v) is 20.0. The first-order chi connectivity index (χ1) is 24.3. The van der Waals surface area contributed by atoms with Crippen LogP contribution in [0.2, 0.25) is 0 Å². The van der Waals surface area contributed by atoms with Gasteiger partial charge in [0.15, 0.2) is 0 Å². The largest absolute Gasteiger partial charge is 0.0622 e. The standard InChI is InChI=1S/C15H24.2C13H22.C10H18/c1-7-4-10-5-11(7)15-13-6-12(14(10)15)8(2)9(13)3;1-7-5-12-10-4-8(2)11(6-10)13(12)9(7)3;1-7-4-5-10-11-6-12(13(7)10)9(3)8(11)2;1-6-4-9-5-10(6)8(3)7(9)2/h7-15H,4-6H2,1-3H3;2*7-13H,4-6H2,1-3H3;6-10H,4-5H2,1-3H3. The third-order valence-corrected chi connectivity index (χ3v) is 23.0. The molecule has 290 valence electrons. The topological polar surface area (TPSA) is 0 Å². The van der Waals surface area contributed by atoms with Gasteiger partial charge in [0.05, 0.1) is 0 Å². The van der Waals surface area contributed by atoms with Crippen LogP contribution in [0.3, 0.4) is 0 Å². The molecule has 0 heterocycles. The molecule has 0 heteroatoms. The molecule has 28 unspecified atom stereocenters. The van der Waals surface area contributed by atoms with Crippen molar-refractivity contribution in [2.24, 2.45) is 166 Å². The Labute approximate surface area is 318 Å². The molecule has 12 aliphatic rings. The number of fused-ring (bicyclic) bond motifs is 21. The summed E-state index contributed by atoms with van der Waals surface area (Å²) in [5, 5.41) is 0. The van der Waals surface area contributed by atoms with E-state index in [9.17, 15) is 0 Å². The summed E-state index contributed by atoms with van der Waals surface area (Å²) in [4.78, 5) is 0. The fourth-order valence-electron chi connectivity index (χ4n) is 20.0. The minimum Gasteiger partial charge on any atom is -0.0622 e. The quantitative estimate of drug-likeness (QED) is 0.221. The summed E-state index contributed by atoms with van der Waals surface area (Å²) < 4.78 is 0. The van der Waals surface area contributed by atoms with Crippen LogP contribution in [0.4, 0.5) is 0 Å². The highest BCUT2D eigenvalue weighted by molar-refractivity contribution is 5.13. The second-order valence-electron chi connectivity index (χ2n) is 24.2. The van der Waals surface area contributed by atoms with Gasteiger partial charge >= 0.3 is 0 Å². The maximum Gasteiger partial charge on any atom is -0.0318 e. The molecule has 10 bridgehead atoms. The van der Waals surface area contributed by atoms with E-state index in [4.69, 9.17) is 0 Å². The first-order valence-electron chi connectivity index (χ1n) is 24.3. The van der Waals surface area contributed by atoms with Crippen molar-refractivity contribution in [1.82, 2.24) is 0 Å². The van der Waals surface area contributed by atoms with Crippen molar-refractivity contribution in [2.45, 2.75) is 154 Å². The molecule has 0 N–H and O–H groups in total. The molecule has 0 saturated heterocycles. The Hall–Kier alpha value is 0. The third-order valence-electron chi connectivity index (χ3n) is 23.0. The molecule has 12 rings (SSSR count). The van der Waals surface area contributed by atoms with Crippen molar-refractivity contribution in [1.29, 1.82) is 0 Å². The second-order valence-corrected chi connectivity index (χ2v) is 24.2. The average molecular weight is 699 g/mol. The molecule has 0 aromatic rings. The Morgan fingerprint density at radius 2 is 0.706 bits per heavy atom. The first kappa shape index (κ1) is 36.6. The Morgan fingerprint density at radius 3 is 1.35 bits per heavy atom. The van der Waals surface area contributed by atoms with E-state index >= 15 is 0 Å². The molecule has 28 atom stereocenters. The van der Waals surface area contributed by atoms with Gasteiger partial charge in [0, 0.05) is 0 Å². The van der Waals surface area contributed by atoms with Crippen LogP contribution in [0.15, 0.2) is 0 Å². The predicted molar refractivity (Wildman–Crippen MR) is 217 cm³/mol. The molecule has 12 fully saturated rings. The van der Waals surface area contributed by atoms with Crippen molar-refractivity contribution in [3.63, 3.8) is 0 Å². The molecule has 0 radical (unpaired) electrons. The van der Waals surface area contributed by atoms with E-state index in [2.05, 4.69) is 83.1 Å². The minimum absolute atomic E-state index is 1.02. The lowest BCUT2D eigenvalue weighted by Gasteiger charge is -2.43. The van der Waals surface area contributed by atoms with Crippen LogP contribution in [0.5, 0.6) is 0 Å². The van der Waals surface area contributed by atoms with Crippen molar-refractivity contribution in [2.75, 3.05) is 0 Å². The molecule has 0 amide bonds. The Balaban J connectivity index is 0.0000000919. The summed E-state index contributed by atoms with van der Waals surface area (Å²) in [5.74, 6) is 30.6. The van der Waals surface area contributed by atoms with Crippen LogP contribution in [-0.4, -0.2) is 0 Å². The Kier molecular flexibility index (Phi) is 9.55. The van der Waals surface area contributed by atoms with Gasteiger partial charge in [-0.3, -0.25) is 0 Å². The highest BCUT2D eigenvalue weighted by atomic mass is 14.7. The lowest BCUT2D eigenvalue weighted by atomic mass is 9.62. The summed E-state index contributed by atoms with van der Waals surface area (Å²) in [6.07, 6.45) is 17.3. The van der Waals surface area contributed by atoms with E-state index in [0.29, 0.717) is 0 Å². The number of hydrogen-bond acceptors (Lipinski definition) is 0. The van der Waals surface area contributed by atoms with Gasteiger partial charge in [0.25, 0.3) is 0 Å². The molecular weight excluding hydrogens is 613 g/mol. The van der Waals surface area contributed by atoms with Crippen molar-refractivity contribution in [3.8, 4) is 0 Å². The molecule has 0 aromatic carbocycles. The van der Waals surface area contributed by atoms with Gasteiger partial charge in [0.2, 0.25) is 0 Å². The van der Waals surface area contributed by atoms with Crippen LogP contribution in [0, 0.1) is 166 Å². The van der Waals surface area contributed by atoms with Crippen LogP contribution < -0.4 is 0 Å². The number of hydrogen-bond donors (Lipinski definition) is 0. The van der Waals surface area contributed by atoms with Crippen molar-refractivity contribution in [3.05, 3.63) is 0 Å². The van der Waals surface area contributed by atoms with Gasteiger partial charge in [-0.2, -0.15) is 0 Å². The number of rotatable bonds is 0. The zero-order valence-electron chi connectivity index (χ0n) is 35.9. The van der Waals surface area contributed by atoms with Crippen LogP contribution >= 0.6 is 0 Å². The summed E-state index contributed by atoms with van der Waals surface area (Å²) in [7, 11) is 0. The van der Waals surface area contributed by atoms with Gasteiger partial charge in [-0.1, -0.05) is 89.5 Å². The molecule has 12 aliphatic carbocycles. The maximum absolute atomic E-state index is 2.54. The van der Waals surface area contributed by atoms with E-state index in [0.717, 1.165) is 154 Å². The minimum atomic E-state index is 1.02. The maximum atomic E-state index is 2.54. The predicted octanol–water partition coefficient (Wildman–Crippen LogP) is 13.9. The average Bonchev–Trinajstić information content (AvgIpc) is 3.93. The lowest BCUT2D eigenvalue weighted by molar-refractivity contribution is 0.0508. The van der Waals surface area contributed by atoms with Crippen molar-refractivity contribution >= 4 is 0 Å². The van der Waals surface area contributed by atoms with E-state index in [-0.39, 0.29) is 0 Å². The van der Waals surface area contributed by atoms with Gasteiger partial charge in [-0.25, -0.2) is 0 Å². The van der Waals surface area contributed by atoms with E-state index < -0.39 is 0 Å². The lowest BCUT2D eigenvalue weighted by Crippen LogP contribution is -2.38. The van der Waals surface area contributed by atoms with Gasteiger partial charge < -0.3 is 0 Å². The summed E-state index contributed by atoms with van der Waals surface area (Å²) in [6, 6.07) is 0. The van der Waals surface area contributed by atoms with Gasteiger partial charge in [-0.05, 0) is 230 Å².